The molecular formula is C21H4BF15O3. The van der Waals surface area contributed by atoms with Crippen LogP contribution in [-0.2, 0) is 10.3 Å². The Balaban J connectivity index is 2.80. The lowest BCUT2D eigenvalue weighted by molar-refractivity contribution is 0.0794. The van der Waals surface area contributed by atoms with Crippen LogP contribution in [0.4, 0.5) is 65.9 Å². The number of benzene rings is 3. The van der Waals surface area contributed by atoms with E-state index in [1.165, 1.54) is 0 Å². The molecule has 0 aliphatic carbocycles. The van der Waals surface area contributed by atoms with E-state index in [2.05, 4.69) is 11.2 Å². The molecule has 0 aromatic heterocycles. The fraction of sp³-hybridized carbons (Fsp3) is 0.0476. The van der Waals surface area contributed by atoms with Gasteiger partial charge >= 0.3 is 7.32 Å². The van der Waals surface area contributed by atoms with Crippen molar-refractivity contribution in [2.45, 2.75) is 5.60 Å². The molecule has 3 nitrogen and oxygen atoms in total. The molecule has 214 valence electrons. The fourth-order valence-electron chi connectivity index (χ4n) is 3.65. The number of rotatable bonds is 6. The zero-order valence-corrected chi connectivity index (χ0v) is 18.3. The summed E-state index contributed by atoms with van der Waals surface area (Å²) in [7, 11) is -3.87. The maximum Gasteiger partial charge on any atom is 0.635 e. The van der Waals surface area contributed by atoms with Crippen LogP contribution in [0.5, 0.6) is 0 Å². The van der Waals surface area contributed by atoms with Crippen molar-refractivity contribution in [1.82, 2.24) is 0 Å². The smallest absolute Gasteiger partial charge is 0.402 e. The molecule has 3 aromatic rings. The molecule has 3 aromatic carbocycles. The van der Waals surface area contributed by atoms with Crippen LogP contribution in [0.25, 0.3) is 5.57 Å². The van der Waals surface area contributed by atoms with Gasteiger partial charge in [-0.3, -0.25) is 0 Å². The van der Waals surface area contributed by atoms with Crippen molar-refractivity contribution >= 4 is 12.9 Å². The van der Waals surface area contributed by atoms with E-state index in [0.717, 1.165) is 0 Å². The summed E-state index contributed by atoms with van der Waals surface area (Å²) in [6.45, 7) is 2.54. The molecule has 2 N–H and O–H groups in total. The van der Waals surface area contributed by atoms with E-state index >= 15 is 0 Å². The maximum absolute atomic E-state index is 15.0. The predicted octanol–water partition coefficient (Wildman–Crippen LogP) is 5.72. The van der Waals surface area contributed by atoms with Crippen molar-refractivity contribution in [3.05, 3.63) is 111 Å². The standard InChI is InChI=1S/C21H4BF15O3/c1-2(3-6(23)12(29)18(35)13(30)7(3)24)21(40-22(38)39,4-8(25)14(31)19(36)15(32)9(4)26)5-10(27)16(33)20(37)17(34)11(5)28/h38-39H,1H2. The van der Waals surface area contributed by atoms with Gasteiger partial charge in [0, 0.05) is 0 Å². The molecular weight excluding hydrogens is 596 g/mol. The van der Waals surface area contributed by atoms with Crippen LogP contribution in [0, 0.1) is 87.3 Å². The number of halogens is 15. The lowest BCUT2D eigenvalue weighted by Gasteiger charge is -2.38. The summed E-state index contributed by atoms with van der Waals surface area (Å²) in [5.74, 6) is -46.9. The molecule has 0 unspecified atom stereocenters. The third kappa shape index (κ3) is 4.19. The minimum Gasteiger partial charge on any atom is -0.402 e. The SMILES string of the molecule is C=C(c1c(F)c(F)c(F)c(F)c1F)C(OB(O)O)(c1c(F)c(F)c(F)c(F)c1F)c1c(F)c(F)c(F)c(F)c1F. The second kappa shape index (κ2) is 10.4. The summed E-state index contributed by atoms with van der Waals surface area (Å²) >= 11 is 0. The Labute approximate surface area is 210 Å². The third-order valence-corrected chi connectivity index (χ3v) is 5.34. The molecule has 0 aliphatic heterocycles. The van der Waals surface area contributed by atoms with Gasteiger partial charge in [-0.05, 0) is 5.57 Å². The molecule has 3 rings (SSSR count). The maximum atomic E-state index is 15.0. The summed E-state index contributed by atoms with van der Waals surface area (Å²) < 4.78 is 219. The van der Waals surface area contributed by atoms with Gasteiger partial charge in [-0.1, -0.05) is 6.58 Å². The Morgan fingerprint density at radius 1 is 0.450 bits per heavy atom. The highest BCUT2D eigenvalue weighted by molar-refractivity contribution is 6.33. The normalized spacial score (nSPS) is 11.8. The zero-order chi connectivity index (χ0) is 30.8. The molecule has 0 spiro atoms. The molecule has 19 heteroatoms. The Kier molecular flexibility index (Phi) is 7.99. The molecule has 0 saturated carbocycles. The van der Waals surface area contributed by atoms with Crippen LogP contribution in [0.2, 0.25) is 0 Å². The molecule has 0 atom stereocenters. The Bertz CT molecular complexity index is 1430. The van der Waals surface area contributed by atoms with Crippen LogP contribution in [0.1, 0.15) is 16.7 Å². The van der Waals surface area contributed by atoms with E-state index in [1.807, 2.05) is 0 Å². The first-order chi connectivity index (χ1) is 18.4. The predicted molar refractivity (Wildman–Crippen MR) is 99.8 cm³/mol. The van der Waals surface area contributed by atoms with Crippen molar-refractivity contribution in [1.29, 1.82) is 0 Å². The Hall–Kier alpha value is -3.71. The Morgan fingerprint density at radius 3 is 0.925 bits per heavy atom. The van der Waals surface area contributed by atoms with Gasteiger partial charge < -0.3 is 14.7 Å². The first kappa shape index (κ1) is 30.8. The Morgan fingerprint density at radius 2 is 0.675 bits per heavy atom. The van der Waals surface area contributed by atoms with Crippen molar-refractivity contribution in [3.63, 3.8) is 0 Å². The second-order valence-electron chi connectivity index (χ2n) is 7.44. The molecule has 40 heavy (non-hydrogen) atoms. The summed E-state index contributed by atoms with van der Waals surface area (Å²) in [5, 5.41) is 18.7. The van der Waals surface area contributed by atoms with Crippen molar-refractivity contribution in [3.8, 4) is 0 Å². The van der Waals surface area contributed by atoms with Gasteiger partial charge in [-0.25, -0.2) is 65.9 Å². The van der Waals surface area contributed by atoms with E-state index in [0.29, 0.717) is 0 Å². The van der Waals surface area contributed by atoms with Crippen LogP contribution >= 0.6 is 0 Å². The van der Waals surface area contributed by atoms with Crippen molar-refractivity contribution in [2.75, 3.05) is 0 Å². The van der Waals surface area contributed by atoms with Crippen LogP contribution in [0.3, 0.4) is 0 Å². The topological polar surface area (TPSA) is 49.7 Å². The average Bonchev–Trinajstić information content (AvgIpc) is 2.90. The molecule has 0 bridgehead atoms. The third-order valence-electron chi connectivity index (χ3n) is 5.34. The highest BCUT2D eigenvalue weighted by atomic mass is 19.2. The average molecular weight is 600 g/mol. The van der Waals surface area contributed by atoms with Crippen LogP contribution in [-0.4, -0.2) is 17.4 Å². The molecule has 0 radical (unpaired) electrons. The van der Waals surface area contributed by atoms with E-state index < -0.39 is 122 Å². The molecule has 0 fully saturated rings. The van der Waals surface area contributed by atoms with Gasteiger partial charge in [-0.15, -0.1) is 0 Å². The lowest BCUT2D eigenvalue weighted by atomic mass is 9.75. The van der Waals surface area contributed by atoms with Gasteiger partial charge in [0.2, 0.25) is 17.5 Å². The molecule has 0 heterocycles. The summed E-state index contributed by atoms with van der Waals surface area (Å²) in [5.41, 5.74) is -16.3. The van der Waals surface area contributed by atoms with Crippen LogP contribution in [0.15, 0.2) is 6.58 Å². The second-order valence-corrected chi connectivity index (χ2v) is 7.44. The molecule has 0 aliphatic rings. The fourth-order valence-corrected chi connectivity index (χ4v) is 3.65. The van der Waals surface area contributed by atoms with Gasteiger partial charge in [0.25, 0.3) is 0 Å². The zero-order valence-electron chi connectivity index (χ0n) is 18.3. The van der Waals surface area contributed by atoms with E-state index in [1.54, 1.807) is 0 Å². The van der Waals surface area contributed by atoms with E-state index in [4.69, 9.17) is 0 Å². The van der Waals surface area contributed by atoms with Crippen molar-refractivity contribution in [2.24, 2.45) is 0 Å². The van der Waals surface area contributed by atoms with E-state index in [9.17, 15) is 75.9 Å². The van der Waals surface area contributed by atoms with Gasteiger partial charge in [-0.2, -0.15) is 0 Å². The van der Waals surface area contributed by atoms with Gasteiger partial charge in [0.15, 0.2) is 69.8 Å². The first-order valence-corrected chi connectivity index (χ1v) is 9.64. The van der Waals surface area contributed by atoms with Crippen LogP contribution < -0.4 is 0 Å². The first-order valence-electron chi connectivity index (χ1n) is 9.64. The summed E-state index contributed by atoms with van der Waals surface area (Å²) in [4.78, 5) is 0. The number of hydrogen-bond acceptors (Lipinski definition) is 3. The van der Waals surface area contributed by atoms with E-state index in [-0.39, 0.29) is 0 Å². The molecule has 0 amide bonds. The quantitative estimate of drug-likeness (QED) is 0.165. The van der Waals surface area contributed by atoms with Gasteiger partial charge in [0.1, 0.15) is 5.60 Å². The minimum absolute atomic E-state index is 2.54. The highest BCUT2D eigenvalue weighted by Gasteiger charge is 2.54. The summed E-state index contributed by atoms with van der Waals surface area (Å²) in [6.07, 6.45) is 0. The number of hydrogen-bond donors (Lipinski definition) is 2. The highest BCUT2D eigenvalue weighted by Crippen LogP contribution is 2.51. The van der Waals surface area contributed by atoms with Crippen molar-refractivity contribution < 1.29 is 80.6 Å². The largest absolute Gasteiger partial charge is 0.635 e. The monoisotopic (exact) mass is 600 g/mol. The van der Waals surface area contributed by atoms with Gasteiger partial charge in [0.05, 0.1) is 16.7 Å². The lowest BCUT2D eigenvalue weighted by Crippen LogP contribution is -2.43. The molecule has 0 saturated heterocycles. The summed E-state index contributed by atoms with van der Waals surface area (Å²) in [6, 6.07) is 0. The minimum atomic E-state index is -5.08.